The second-order valence-electron chi connectivity index (χ2n) is 7.04. The molecule has 7 heteroatoms. The number of ether oxygens (including phenoxy) is 1. The maximum atomic E-state index is 12.3. The quantitative estimate of drug-likeness (QED) is 0.292. The first-order chi connectivity index (χ1) is 15.8. The summed E-state index contributed by atoms with van der Waals surface area (Å²) in [6.45, 7) is 1.50. The van der Waals surface area contributed by atoms with E-state index in [0.717, 1.165) is 22.7 Å². The molecule has 6 nitrogen and oxygen atoms in total. The van der Waals surface area contributed by atoms with Crippen molar-refractivity contribution >= 4 is 17.7 Å². The van der Waals surface area contributed by atoms with Crippen LogP contribution in [0.1, 0.15) is 5.56 Å². The van der Waals surface area contributed by atoms with Crippen molar-refractivity contribution in [3.05, 3.63) is 96.6 Å². The number of carbonyl (C=O) groups excluding carboxylic acids is 1. The number of nitrogens with one attached hydrogen (secondary N) is 1. The van der Waals surface area contributed by atoms with Gasteiger partial charge in [-0.3, -0.25) is 9.36 Å². The Balaban J connectivity index is 1.37. The molecule has 0 fully saturated rings. The minimum absolute atomic E-state index is 0.0674. The predicted octanol–water partition coefficient (Wildman–Crippen LogP) is 4.28. The highest BCUT2D eigenvalue weighted by Crippen LogP contribution is 2.25. The molecule has 1 heterocycles. The Bertz CT molecular complexity index is 1120. The summed E-state index contributed by atoms with van der Waals surface area (Å²) in [6, 6.07) is 29.7. The summed E-state index contributed by atoms with van der Waals surface area (Å²) in [6.07, 6.45) is 0. The number of thioether (sulfide) groups is 1. The van der Waals surface area contributed by atoms with E-state index in [1.54, 1.807) is 0 Å². The Morgan fingerprint density at radius 2 is 1.53 bits per heavy atom. The second-order valence-corrected chi connectivity index (χ2v) is 7.99. The van der Waals surface area contributed by atoms with E-state index >= 15 is 0 Å². The van der Waals surface area contributed by atoms with Crippen LogP contribution in [0.4, 0.5) is 0 Å². The number of hydrogen-bond donors (Lipinski definition) is 1. The molecule has 0 aliphatic heterocycles. The van der Waals surface area contributed by atoms with E-state index in [0.29, 0.717) is 24.9 Å². The molecule has 0 bridgehead atoms. The van der Waals surface area contributed by atoms with E-state index in [1.807, 2.05) is 78.9 Å². The lowest BCUT2D eigenvalue weighted by Gasteiger charge is -2.11. The number of hydrogen-bond acceptors (Lipinski definition) is 5. The minimum Gasteiger partial charge on any atom is -0.492 e. The van der Waals surface area contributed by atoms with Crippen LogP contribution < -0.4 is 10.1 Å². The minimum atomic E-state index is -0.0674. The van der Waals surface area contributed by atoms with Crippen LogP contribution in [-0.2, 0) is 11.3 Å². The molecule has 1 aromatic heterocycles. The molecule has 4 aromatic rings. The highest BCUT2D eigenvalue weighted by atomic mass is 32.2. The maximum Gasteiger partial charge on any atom is 0.230 e. The number of para-hydroxylation sites is 1. The summed E-state index contributed by atoms with van der Waals surface area (Å²) in [4.78, 5) is 12.3. The monoisotopic (exact) mass is 444 g/mol. The maximum absolute atomic E-state index is 12.3. The summed E-state index contributed by atoms with van der Waals surface area (Å²) < 4.78 is 7.67. The summed E-state index contributed by atoms with van der Waals surface area (Å²) in [5, 5.41) is 12.4. The summed E-state index contributed by atoms with van der Waals surface area (Å²) in [5.74, 6) is 1.77. The summed E-state index contributed by atoms with van der Waals surface area (Å²) in [7, 11) is 0. The highest BCUT2D eigenvalue weighted by Gasteiger charge is 2.16. The molecule has 1 amide bonds. The lowest BCUT2D eigenvalue weighted by molar-refractivity contribution is -0.118. The van der Waals surface area contributed by atoms with E-state index in [-0.39, 0.29) is 11.7 Å². The number of carbonyl (C=O) groups is 1. The summed E-state index contributed by atoms with van der Waals surface area (Å²) in [5.41, 5.74) is 2.14. The van der Waals surface area contributed by atoms with Crippen LogP contribution in [0.25, 0.3) is 11.4 Å². The van der Waals surface area contributed by atoms with Gasteiger partial charge in [-0.2, -0.15) is 0 Å². The zero-order chi connectivity index (χ0) is 22.0. The normalized spacial score (nSPS) is 10.6. The standard InChI is InChI=1S/C25H24N4O2S/c30-23(26-16-17-31-22-14-8-3-9-15-22)19-32-25-28-27-24(21-12-6-2-7-13-21)29(25)18-20-10-4-1-5-11-20/h1-15H,16-19H2,(H,26,30). The van der Waals surface area contributed by atoms with E-state index in [9.17, 15) is 4.79 Å². The zero-order valence-corrected chi connectivity index (χ0v) is 18.4. The molecule has 0 aliphatic carbocycles. The fourth-order valence-electron chi connectivity index (χ4n) is 3.16. The first kappa shape index (κ1) is 21.6. The van der Waals surface area contributed by atoms with Crippen LogP contribution >= 0.6 is 11.8 Å². The second kappa shape index (κ2) is 11.2. The summed E-state index contributed by atoms with van der Waals surface area (Å²) >= 11 is 1.38. The van der Waals surface area contributed by atoms with Crippen molar-refractivity contribution < 1.29 is 9.53 Å². The van der Waals surface area contributed by atoms with Crippen molar-refractivity contribution in [2.45, 2.75) is 11.7 Å². The first-order valence-electron chi connectivity index (χ1n) is 10.4. The Kier molecular flexibility index (Phi) is 7.55. The Labute approximate surface area is 191 Å². The fourth-order valence-corrected chi connectivity index (χ4v) is 3.93. The van der Waals surface area contributed by atoms with Crippen LogP contribution in [0, 0.1) is 0 Å². The van der Waals surface area contributed by atoms with Crippen LogP contribution in [0.5, 0.6) is 5.75 Å². The molecule has 0 unspecified atom stereocenters. The van der Waals surface area contributed by atoms with Gasteiger partial charge < -0.3 is 10.1 Å². The molecule has 0 atom stereocenters. The number of rotatable bonds is 10. The molecular weight excluding hydrogens is 420 g/mol. The van der Waals surface area contributed by atoms with Gasteiger partial charge in [-0.25, -0.2) is 0 Å². The van der Waals surface area contributed by atoms with E-state index in [1.165, 1.54) is 11.8 Å². The topological polar surface area (TPSA) is 69.0 Å². The van der Waals surface area contributed by atoms with Gasteiger partial charge in [0, 0.05) is 5.56 Å². The van der Waals surface area contributed by atoms with Crippen LogP contribution in [-0.4, -0.2) is 39.6 Å². The van der Waals surface area contributed by atoms with Crippen molar-refractivity contribution in [2.75, 3.05) is 18.9 Å². The molecule has 0 saturated carbocycles. The Morgan fingerprint density at radius 1 is 0.875 bits per heavy atom. The van der Waals surface area contributed by atoms with Gasteiger partial charge in [0.25, 0.3) is 0 Å². The molecular formula is C25H24N4O2S. The van der Waals surface area contributed by atoms with Gasteiger partial charge in [-0.05, 0) is 17.7 Å². The van der Waals surface area contributed by atoms with Crippen LogP contribution in [0.3, 0.4) is 0 Å². The third-order valence-corrected chi connectivity index (χ3v) is 5.67. The van der Waals surface area contributed by atoms with Gasteiger partial charge in [0.05, 0.1) is 18.8 Å². The van der Waals surface area contributed by atoms with Gasteiger partial charge in [0.15, 0.2) is 11.0 Å². The molecule has 1 N–H and O–H groups in total. The van der Waals surface area contributed by atoms with E-state index in [4.69, 9.17) is 4.74 Å². The average Bonchev–Trinajstić information content (AvgIpc) is 3.24. The molecule has 0 aliphatic rings. The average molecular weight is 445 g/mol. The van der Waals surface area contributed by atoms with Crippen molar-refractivity contribution in [1.82, 2.24) is 20.1 Å². The molecule has 32 heavy (non-hydrogen) atoms. The van der Waals surface area contributed by atoms with Gasteiger partial charge >= 0.3 is 0 Å². The molecule has 0 saturated heterocycles. The largest absolute Gasteiger partial charge is 0.492 e. The molecule has 3 aromatic carbocycles. The van der Waals surface area contributed by atoms with Gasteiger partial charge in [-0.15, -0.1) is 10.2 Å². The molecule has 0 radical (unpaired) electrons. The Hall–Kier alpha value is -3.58. The lowest BCUT2D eigenvalue weighted by Crippen LogP contribution is -2.29. The SMILES string of the molecule is O=C(CSc1nnc(-c2ccccc2)n1Cc1ccccc1)NCCOc1ccccc1. The third kappa shape index (κ3) is 5.98. The third-order valence-electron chi connectivity index (χ3n) is 4.70. The smallest absolute Gasteiger partial charge is 0.230 e. The Morgan fingerprint density at radius 3 is 2.25 bits per heavy atom. The lowest BCUT2D eigenvalue weighted by atomic mass is 10.2. The van der Waals surface area contributed by atoms with Gasteiger partial charge in [-0.1, -0.05) is 90.6 Å². The van der Waals surface area contributed by atoms with Crippen molar-refractivity contribution in [3.63, 3.8) is 0 Å². The van der Waals surface area contributed by atoms with Gasteiger partial charge in [0.1, 0.15) is 12.4 Å². The zero-order valence-electron chi connectivity index (χ0n) is 17.6. The van der Waals surface area contributed by atoms with E-state index in [2.05, 4.69) is 32.2 Å². The first-order valence-corrected chi connectivity index (χ1v) is 11.4. The van der Waals surface area contributed by atoms with Crippen molar-refractivity contribution in [2.24, 2.45) is 0 Å². The van der Waals surface area contributed by atoms with Gasteiger partial charge in [0.2, 0.25) is 5.91 Å². The predicted molar refractivity (Wildman–Crippen MR) is 127 cm³/mol. The number of benzene rings is 3. The molecule has 0 spiro atoms. The number of nitrogens with zero attached hydrogens (tertiary/aromatic N) is 3. The highest BCUT2D eigenvalue weighted by molar-refractivity contribution is 7.99. The number of aromatic nitrogens is 3. The number of amides is 1. The molecule has 4 rings (SSSR count). The van der Waals surface area contributed by atoms with E-state index < -0.39 is 0 Å². The van der Waals surface area contributed by atoms with Crippen molar-refractivity contribution in [1.29, 1.82) is 0 Å². The van der Waals surface area contributed by atoms with Crippen LogP contribution in [0.15, 0.2) is 96.2 Å². The van der Waals surface area contributed by atoms with Crippen molar-refractivity contribution in [3.8, 4) is 17.1 Å². The molecule has 162 valence electrons. The fraction of sp³-hybridized carbons (Fsp3) is 0.160. The van der Waals surface area contributed by atoms with Crippen LogP contribution in [0.2, 0.25) is 0 Å².